The summed E-state index contributed by atoms with van der Waals surface area (Å²) >= 11 is 4.58. The standard InChI is InChI=1S/C12H18N2O4S2/c1-7(2)3-4-12(5-6-20-11(18)19)8(15)13-10(17)14-9(12)16/h7H,3-6H2,1-2H3,(H,18,19)(H2,13,14,15,16,17). The zero-order chi connectivity index (χ0) is 15.3. The van der Waals surface area contributed by atoms with Crippen LogP contribution in [0.3, 0.4) is 0 Å². The van der Waals surface area contributed by atoms with Crippen LogP contribution in [-0.4, -0.2) is 28.0 Å². The molecule has 8 heteroatoms. The van der Waals surface area contributed by atoms with Gasteiger partial charge in [-0.3, -0.25) is 25.0 Å². The number of rotatable bonds is 6. The highest BCUT2D eigenvalue weighted by Crippen LogP contribution is 2.34. The third-order valence-electron chi connectivity index (χ3n) is 3.23. The Labute approximate surface area is 127 Å². The van der Waals surface area contributed by atoms with Gasteiger partial charge in [-0.25, -0.2) is 4.79 Å². The lowest BCUT2D eigenvalue weighted by Gasteiger charge is -2.34. The molecule has 6 nitrogen and oxygen atoms in total. The number of thiol groups is 1. The quantitative estimate of drug-likeness (QED) is 0.514. The molecule has 4 amide bonds. The summed E-state index contributed by atoms with van der Waals surface area (Å²) in [5, 5.41) is 4.28. The third-order valence-corrected chi connectivity index (χ3v) is 4.27. The number of barbiturate groups is 1. The monoisotopic (exact) mass is 318 g/mol. The zero-order valence-electron chi connectivity index (χ0n) is 11.4. The molecule has 0 aromatic rings. The van der Waals surface area contributed by atoms with Gasteiger partial charge < -0.3 is 0 Å². The molecule has 1 saturated heterocycles. The van der Waals surface area contributed by atoms with Gasteiger partial charge in [0.25, 0.3) is 0 Å². The number of nitrogens with one attached hydrogen (secondary N) is 2. The van der Waals surface area contributed by atoms with Crippen LogP contribution < -0.4 is 10.6 Å². The fourth-order valence-electron chi connectivity index (χ4n) is 2.01. The van der Waals surface area contributed by atoms with E-state index in [4.69, 9.17) is 0 Å². The van der Waals surface area contributed by atoms with Crippen LogP contribution in [0.15, 0.2) is 0 Å². The Morgan fingerprint density at radius 1 is 1.20 bits per heavy atom. The van der Waals surface area contributed by atoms with E-state index in [9.17, 15) is 19.2 Å². The Morgan fingerprint density at radius 3 is 2.20 bits per heavy atom. The van der Waals surface area contributed by atoms with E-state index in [0.717, 1.165) is 11.8 Å². The van der Waals surface area contributed by atoms with Gasteiger partial charge in [0.05, 0.1) is 0 Å². The molecule has 1 aliphatic rings. The predicted octanol–water partition coefficient (Wildman–Crippen LogP) is 1.95. The maximum Gasteiger partial charge on any atom is 0.328 e. The van der Waals surface area contributed by atoms with Crippen LogP contribution in [0.25, 0.3) is 0 Å². The highest BCUT2D eigenvalue weighted by Gasteiger charge is 2.49. The van der Waals surface area contributed by atoms with Gasteiger partial charge in [-0.2, -0.15) is 0 Å². The number of thioether (sulfide) groups is 1. The first-order chi connectivity index (χ1) is 9.28. The predicted molar refractivity (Wildman–Crippen MR) is 79.6 cm³/mol. The molecule has 0 aliphatic carbocycles. The Bertz CT molecular complexity index is 417. The number of urea groups is 1. The molecule has 0 radical (unpaired) electrons. The van der Waals surface area contributed by atoms with Crippen LogP contribution in [0.2, 0.25) is 0 Å². The summed E-state index contributed by atoms with van der Waals surface area (Å²) in [7, 11) is 0. The van der Waals surface area contributed by atoms with Crippen LogP contribution in [0.5, 0.6) is 0 Å². The summed E-state index contributed by atoms with van der Waals surface area (Å²) in [5.74, 6) is -0.544. The fourth-order valence-corrected chi connectivity index (χ4v) is 2.91. The molecule has 1 rings (SSSR count). The molecular formula is C12H18N2O4S2. The second kappa shape index (κ2) is 7.12. The van der Waals surface area contributed by atoms with Crippen molar-refractivity contribution in [2.45, 2.75) is 33.1 Å². The largest absolute Gasteiger partial charge is 0.328 e. The summed E-state index contributed by atoms with van der Waals surface area (Å²) in [5.41, 5.74) is -1.28. The number of amides is 4. The molecule has 1 heterocycles. The van der Waals surface area contributed by atoms with E-state index in [0.29, 0.717) is 24.5 Å². The number of carbonyl (C=O) groups is 4. The smallest absolute Gasteiger partial charge is 0.277 e. The molecule has 1 fully saturated rings. The van der Waals surface area contributed by atoms with E-state index < -0.39 is 23.3 Å². The van der Waals surface area contributed by atoms with E-state index in [1.807, 2.05) is 13.8 Å². The summed E-state index contributed by atoms with van der Waals surface area (Å²) in [6.45, 7) is 3.98. The summed E-state index contributed by atoms with van der Waals surface area (Å²) in [6, 6.07) is -0.793. The lowest BCUT2D eigenvalue weighted by Crippen LogP contribution is -2.62. The van der Waals surface area contributed by atoms with Gasteiger partial charge in [0, 0.05) is 5.75 Å². The minimum Gasteiger partial charge on any atom is -0.277 e. The van der Waals surface area contributed by atoms with E-state index >= 15 is 0 Å². The van der Waals surface area contributed by atoms with Crippen LogP contribution in [0, 0.1) is 11.3 Å². The van der Waals surface area contributed by atoms with Gasteiger partial charge in [-0.15, -0.1) is 0 Å². The van der Waals surface area contributed by atoms with Crippen molar-refractivity contribution >= 4 is 46.7 Å². The minimum atomic E-state index is -1.28. The molecule has 0 bridgehead atoms. The molecular weight excluding hydrogens is 300 g/mol. The van der Waals surface area contributed by atoms with Crippen molar-refractivity contribution in [3.05, 3.63) is 0 Å². The van der Waals surface area contributed by atoms with Crippen molar-refractivity contribution in [1.82, 2.24) is 10.6 Å². The van der Waals surface area contributed by atoms with Gasteiger partial charge in [-0.05, 0) is 25.2 Å². The average molecular weight is 318 g/mol. The SMILES string of the molecule is CC(C)CCC1(CCSC(=O)S)C(=O)NC(=O)NC1=O. The second-order valence-electron chi connectivity index (χ2n) is 5.12. The fraction of sp³-hybridized carbons (Fsp3) is 0.667. The van der Waals surface area contributed by atoms with Crippen molar-refractivity contribution in [2.75, 3.05) is 5.75 Å². The Hall–Kier alpha value is -1.02. The van der Waals surface area contributed by atoms with Crippen molar-refractivity contribution in [3.8, 4) is 0 Å². The molecule has 0 atom stereocenters. The van der Waals surface area contributed by atoms with Gasteiger partial charge >= 0.3 is 6.03 Å². The summed E-state index contributed by atoms with van der Waals surface area (Å²) in [6.07, 6.45) is 1.22. The van der Waals surface area contributed by atoms with Crippen LogP contribution >= 0.6 is 24.4 Å². The first-order valence-corrected chi connectivity index (χ1v) is 7.74. The Balaban J connectivity index is 2.87. The number of imide groups is 2. The highest BCUT2D eigenvalue weighted by molar-refractivity contribution is 8.32. The molecule has 112 valence electrons. The van der Waals surface area contributed by atoms with Gasteiger partial charge in [0.1, 0.15) is 5.41 Å². The summed E-state index contributed by atoms with van der Waals surface area (Å²) in [4.78, 5) is 46.2. The van der Waals surface area contributed by atoms with E-state index in [2.05, 4.69) is 23.3 Å². The zero-order valence-corrected chi connectivity index (χ0v) is 13.1. The molecule has 2 N–H and O–H groups in total. The van der Waals surface area contributed by atoms with Crippen molar-refractivity contribution in [2.24, 2.45) is 11.3 Å². The lowest BCUT2D eigenvalue weighted by molar-refractivity contribution is -0.145. The maximum absolute atomic E-state index is 12.1. The second-order valence-corrected chi connectivity index (χ2v) is 6.89. The van der Waals surface area contributed by atoms with Crippen LogP contribution in [-0.2, 0) is 9.59 Å². The van der Waals surface area contributed by atoms with E-state index in [1.54, 1.807) is 0 Å². The van der Waals surface area contributed by atoms with Gasteiger partial charge in [-0.1, -0.05) is 38.2 Å². The van der Waals surface area contributed by atoms with Crippen LogP contribution in [0.4, 0.5) is 9.59 Å². The van der Waals surface area contributed by atoms with Crippen molar-refractivity contribution in [3.63, 3.8) is 0 Å². The maximum atomic E-state index is 12.1. The Kier molecular flexibility index (Phi) is 6.07. The number of hydrogen-bond donors (Lipinski definition) is 3. The van der Waals surface area contributed by atoms with Crippen LogP contribution in [0.1, 0.15) is 33.1 Å². The van der Waals surface area contributed by atoms with Crippen molar-refractivity contribution in [1.29, 1.82) is 0 Å². The number of carbonyl (C=O) groups excluding carboxylic acids is 4. The molecule has 0 spiro atoms. The molecule has 1 aliphatic heterocycles. The molecule has 0 aromatic carbocycles. The summed E-state index contributed by atoms with van der Waals surface area (Å²) < 4.78 is -0.364. The first kappa shape index (κ1) is 17.0. The van der Waals surface area contributed by atoms with E-state index in [1.165, 1.54) is 0 Å². The first-order valence-electron chi connectivity index (χ1n) is 6.30. The molecule has 0 saturated carbocycles. The van der Waals surface area contributed by atoms with Gasteiger partial charge in [0.15, 0.2) is 0 Å². The number of hydrogen-bond acceptors (Lipinski definition) is 5. The van der Waals surface area contributed by atoms with E-state index in [-0.39, 0.29) is 10.9 Å². The molecule has 20 heavy (non-hydrogen) atoms. The lowest BCUT2D eigenvalue weighted by atomic mass is 9.76. The molecule has 0 aromatic heterocycles. The normalized spacial score (nSPS) is 17.9. The average Bonchev–Trinajstić information content (AvgIpc) is 2.30. The van der Waals surface area contributed by atoms with Gasteiger partial charge in [0.2, 0.25) is 16.3 Å². The third kappa shape index (κ3) is 4.24. The Morgan fingerprint density at radius 2 is 1.75 bits per heavy atom. The topological polar surface area (TPSA) is 92.3 Å². The minimum absolute atomic E-state index is 0.196. The molecule has 0 unspecified atom stereocenters. The van der Waals surface area contributed by atoms with Crippen molar-refractivity contribution < 1.29 is 19.2 Å². The highest BCUT2D eigenvalue weighted by atomic mass is 32.2.